The highest BCUT2D eigenvalue weighted by Crippen LogP contribution is 2.21. The van der Waals surface area contributed by atoms with Crippen molar-refractivity contribution in [1.29, 1.82) is 0 Å². The number of carbonyl (C=O) groups excluding carboxylic acids is 1. The molecule has 0 aromatic heterocycles. The average molecular weight is 367 g/mol. The molecule has 5 nitrogen and oxygen atoms in total. The fourth-order valence-electron chi connectivity index (χ4n) is 3.05. The molecule has 1 aromatic rings. The number of amides is 1. The zero-order valence-electron chi connectivity index (χ0n) is 15.5. The van der Waals surface area contributed by atoms with Crippen LogP contribution < -0.4 is 10.1 Å². The van der Waals surface area contributed by atoms with Crippen molar-refractivity contribution in [3.8, 4) is 5.75 Å². The molecule has 0 spiro atoms. The van der Waals surface area contributed by atoms with Crippen molar-refractivity contribution in [2.75, 3.05) is 45.4 Å². The first-order valence-corrected chi connectivity index (χ1v) is 10.3. The van der Waals surface area contributed by atoms with Gasteiger partial charge >= 0.3 is 0 Å². The van der Waals surface area contributed by atoms with Crippen molar-refractivity contribution in [3.05, 3.63) is 29.8 Å². The molecule has 1 N–H and O–H groups in total. The van der Waals surface area contributed by atoms with E-state index in [9.17, 15) is 4.79 Å². The van der Waals surface area contributed by atoms with Gasteiger partial charge in [0.2, 0.25) is 0 Å². The molecule has 6 heteroatoms. The van der Waals surface area contributed by atoms with Crippen molar-refractivity contribution in [2.24, 2.45) is 0 Å². The molecule has 140 valence electrons. The number of rotatable bonds is 9. The van der Waals surface area contributed by atoms with E-state index in [4.69, 9.17) is 9.47 Å². The smallest absolute Gasteiger partial charge is 0.251 e. The maximum atomic E-state index is 12.1. The van der Waals surface area contributed by atoms with Gasteiger partial charge in [-0.2, -0.15) is 11.8 Å². The van der Waals surface area contributed by atoms with Gasteiger partial charge in [-0.3, -0.25) is 9.69 Å². The van der Waals surface area contributed by atoms with Crippen LogP contribution >= 0.6 is 11.8 Å². The number of benzene rings is 1. The minimum absolute atomic E-state index is 0.0943. The summed E-state index contributed by atoms with van der Waals surface area (Å²) >= 11 is 1.90. The second kappa shape index (κ2) is 10.7. The van der Waals surface area contributed by atoms with Gasteiger partial charge in [0.05, 0.1) is 6.61 Å². The van der Waals surface area contributed by atoms with Crippen molar-refractivity contribution in [3.63, 3.8) is 0 Å². The lowest BCUT2D eigenvalue weighted by atomic mass is 10.1. The summed E-state index contributed by atoms with van der Waals surface area (Å²) in [5, 5.41) is 2.83. The summed E-state index contributed by atoms with van der Waals surface area (Å²) in [6.45, 7) is 5.46. The number of methoxy groups -OCH3 is 1. The third-order valence-corrected chi connectivity index (χ3v) is 5.31. The van der Waals surface area contributed by atoms with E-state index in [1.807, 2.05) is 36.0 Å². The van der Waals surface area contributed by atoms with Gasteiger partial charge in [-0.05, 0) is 44.2 Å². The van der Waals surface area contributed by atoms with Crippen LogP contribution in [0.5, 0.6) is 5.75 Å². The second-order valence-corrected chi connectivity index (χ2v) is 7.34. The van der Waals surface area contributed by atoms with E-state index in [1.165, 1.54) is 5.75 Å². The fraction of sp³-hybridized carbons (Fsp3) is 0.632. The highest BCUT2D eigenvalue weighted by molar-refractivity contribution is 7.98. The van der Waals surface area contributed by atoms with Crippen LogP contribution in [0.2, 0.25) is 0 Å². The quantitative estimate of drug-likeness (QED) is 0.681. The first-order chi connectivity index (χ1) is 12.1. The number of nitrogens with zero attached hydrogens (tertiary/aromatic N) is 1. The first-order valence-electron chi connectivity index (χ1n) is 8.91. The molecular formula is C19H30N2O3S. The SMILES string of the molecule is COCCNC(=O)c1cccc(OC2CCN([C@@H](C)CSC)CC2)c1. The van der Waals surface area contributed by atoms with E-state index < -0.39 is 0 Å². The predicted molar refractivity (Wildman–Crippen MR) is 104 cm³/mol. The van der Waals surface area contributed by atoms with Crippen molar-refractivity contribution < 1.29 is 14.3 Å². The van der Waals surface area contributed by atoms with Gasteiger partial charge in [-0.1, -0.05) is 6.07 Å². The maximum absolute atomic E-state index is 12.1. The lowest BCUT2D eigenvalue weighted by molar-refractivity contribution is 0.0848. The molecule has 1 aliphatic rings. The summed E-state index contributed by atoms with van der Waals surface area (Å²) < 4.78 is 11.1. The molecule has 25 heavy (non-hydrogen) atoms. The molecular weight excluding hydrogens is 336 g/mol. The summed E-state index contributed by atoms with van der Waals surface area (Å²) in [6, 6.07) is 8.05. The lowest BCUT2D eigenvalue weighted by Gasteiger charge is -2.35. The van der Waals surface area contributed by atoms with Gasteiger partial charge in [0.1, 0.15) is 11.9 Å². The van der Waals surface area contributed by atoms with E-state index >= 15 is 0 Å². The summed E-state index contributed by atoms with van der Waals surface area (Å²) in [4.78, 5) is 14.7. The Morgan fingerprint density at radius 1 is 1.40 bits per heavy atom. The Hall–Kier alpha value is -1.24. The molecule has 0 unspecified atom stereocenters. The molecule has 1 saturated heterocycles. The number of carbonyl (C=O) groups is 1. The fourth-order valence-corrected chi connectivity index (χ4v) is 3.75. The third kappa shape index (κ3) is 6.53. The minimum Gasteiger partial charge on any atom is -0.490 e. The number of likely N-dealkylation sites (tertiary alicyclic amines) is 1. The van der Waals surface area contributed by atoms with Crippen molar-refractivity contribution >= 4 is 17.7 Å². The maximum Gasteiger partial charge on any atom is 0.251 e. The van der Waals surface area contributed by atoms with Crippen molar-refractivity contribution in [2.45, 2.75) is 31.9 Å². The Balaban J connectivity index is 1.83. The predicted octanol–water partition coefficient (Wildman–Crippen LogP) is 2.66. The zero-order chi connectivity index (χ0) is 18.1. The van der Waals surface area contributed by atoms with Crippen LogP contribution in [0.1, 0.15) is 30.1 Å². The standard InChI is InChI=1S/C19H30N2O3S/c1-15(14-25-3)21-10-7-17(8-11-21)24-18-6-4-5-16(13-18)19(22)20-9-12-23-2/h4-6,13,15,17H,7-12,14H2,1-3H3,(H,20,22)/t15-/m0/s1. The molecule has 0 saturated carbocycles. The molecule has 1 heterocycles. The van der Waals surface area contributed by atoms with Gasteiger partial charge in [0.15, 0.2) is 0 Å². The lowest BCUT2D eigenvalue weighted by Crippen LogP contribution is -2.43. The van der Waals surface area contributed by atoms with Crippen LogP contribution in [-0.2, 0) is 4.74 Å². The molecule has 0 aliphatic carbocycles. The molecule has 2 rings (SSSR count). The van der Waals surface area contributed by atoms with Crippen molar-refractivity contribution in [1.82, 2.24) is 10.2 Å². The first kappa shape index (κ1) is 20.1. The topological polar surface area (TPSA) is 50.8 Å². The highest BCUT2D eigenvalue weighted by atomic mass is 32.2. The molecule has 1 atom stereocenters. The van der Waals surface area contributed by atoms with Gasteiger partial charge in [-0.25, -0.2) is 0 Å². The summed E-state index contributed by atoms with van der Waals surface area (Å²) in [7, 11) is 1.62. The van der Waals surface area contributed by atoms with Gasteiger partial charge in [0.25, 0.3) is 5.91 Å². The van der Waals surface area contributed by atoms with Gasteiger partial charge < -0.3 is 14.8 Å². The van der Waals surface area contributed by atoms with E-state index in [0.717, 1.165) is 31.7 Å². The summed E-state index contributed by atoms with van der Waals surface area (Å²) in [5.41, 5.74) is 0.625. The van der Waals surface area contributed by atoms with Crippen LogP contribution in [0.15, 0.2) is 24.3 Å². The number of ether oxygens (including phenoxy) is 2. The number of hydrogen-bond donors (Lipinski definition) is 1. The van der Waals surface area contributed by atoms with Crippen LogP contribution in [0.3, 0.4) is 0 Å². The second-order valence-electron chi connectivity index (χ2n) is 6.43. The Labute approximate surface area is 155 Å². The normalized spacial score (nSPS) is 17.2. The van der Waals surface area contributed by atoms with E-state index in [2.05, 4.69) is 23.4 Å². The molecule has 1 aliphatic heterocycles. The number of nitrogens with one attached hydrogen (secondary N) is 1. The van der Waals surface area contributed by atoms with Gasteiger partial charge in [-0.15, -0.1) is 0 Å². The Morgan fingerprint density at radius 2 is 2.16 bits per heavy atom. The molecule has 1 fully saturated rings. The molecule has 0 bridgehead atoms. The summed E-state index contributed by atoms with van der Waals surface area (Å²) in [6.07, 6.45) is 4.45. The largest absolute Gasteiger partial charge is 0.490 e. The Morgan fingerprint density at radius 3 is 2.84 bits per heavy atom. The molecule has 1 amide bonds. The third-order valence-electron chi connectivity index (χ3n) is 4.50. The highest BCUT2D eigenvalue weighted by Gasteiger charge is 2.23. The Bertz CT molecular complexity index is 533. The number of hydrogen-bond acceptors (Lipinski definition) is 5. The minimum atomic E-state index is -0.0943. The molecule has 0 radical (unpaired) electrons. The average Bonchev–Trinajstić information content (AvgIpc) is 2.63. The van der Waals surface area contributed by atoms with E-state index in [1.54, 1.807) is 7.11 Å². The van der Waals surface area contributed by atoms with Crippen LogP contribution in [0.4, 0.5) is 0 Å². The van der Waals surface area contributed by atoms with Crippen LogP contribution in [-0.4, -0.2) is 68.3 Å². The molecule has 1 aromatic carbocycles. The monoisotopic (exact) mass is 366 g/mol. The van der Waals surface area contributed by atoms with E-state index in [0.29, 0.717) is 24.8 Å². The van der Waals surface area contributed by atoms with E-state index in [-0.39, 0.29) is 12.0 Å². The van der Waals surface area contributed by atoms with Crippen LogP contribution in [0, 0.1) is 0 Å². The number of piperidine rings is 1. The summed E-state index contributed by atoms with van der Waals surface area (Å²) in [5.74, 6) is 1.85. The number of thioether (sulfide) groups is 1. The zero-order valence-corrected chi connectivity index (χ0v) is 16.3. The van der Waals surface area contributed by atoms with Gasteiger partial charge in [0, 0.05) is 44.1 Å². The Kier molecular flexibility index (Phi) is 8.58. The van der Waals surface area contributed by atoms with Crippen LogP contribution in [0.25, 0.3) is 0 Å².